The maximum Gasteiger partial charge on any atom is 0.419 e. The summed E-state index contributed by atoms with van der Waals surface area (Å²) in [6, 6.07) is 2.42. The van der Waals surface area contributed by atoms with E-state index in [9.17, 15) is 22.4 Å². The molecule has 2 N–H and O–H groups in total. The van der Waals surface area contributed by atoms with Crippen LogP contribution in [-0.4, -0.2) is 16.8 Å². The van der Waals surface area contributed by atoms with Crippen molar-refractivity contribution in [1.82, 2.24) is 0 Å². The Labute approximate surface area is 119 Å². The third-order valence-electron chi connectivity index (χ3n) is 3.02. The van der Waals surface area contributed by atoms with Crippen LogP contribution in [0.5, 0.6) is 0 Å². The van der Waals surface area contributed by atoms with E-state index in [1.54, 1.807) is 6.92 Å². The number of carboxylic acids is 1. The number of carboxylic acid groups (broad SMARTS) is 1. The molecule has 1 atom stereocenters. The van der Waals surface area contributed by atoms with Crippen molar-refractivity contribution in [3.05, 3.63) is 35.1 Å². The van der Waals surface area contributed by atoms with Gasteiger partial charge in [0.05, 0.1) is 5.56 Å². The average Bonchev–Trinajstić information content (AvgIpc) is 2.35. The van der Waals surface area contributed by atoms with Crippen LogP contribution in [0.4, 0.5) is 17.6 Å². The predicted molar refractivity (Wildman–Crippen MR) is 68.9 cm³/mol. The highest BCUT2D eigenvalue weighted by molar-refractivity contribution is 5.98. The quantitative estimate of drug-likeness (QED) is 0.614. The van der Waals surface area contributed by atoms with Crippen LogP contribution >= 0.6 is 0 Å². The summed E-state index contributed by atoms with van der Waals surface area (Å²) in [6.07, 6.45) is -4.41. The largest absolute Gasteiger partial charge is 0.481 e. The molecule has 0 aromatic heterocycles. The van der Waals surface area contributed by atoms with E-state index >= 15 is 0 Å². The fourth-order valence-electron chi connectivity index (χ4n) is 1.87. The van der Waals surface area contributed by atoms with Gasteiger partial charge in [-0.2, -0.15) is 13.2 Å². The number of aliphatic carboxylic acids is 1. The first-order valence-corrected chi connectivity index (χ1v) is 6.27. The molecule has 0 aliphatic heterocycles. The molecule has 0 fully saturated rings. The minimum absolute atomic E-state index is 0.00843. The molecule has 0 radical (unpaired) electrons. The molecule has 1 unspecified atom stereocenters. The first-order valence-electron chi connectivity index (χ1n) is 6.27. The molecule has 1 rings (SSSR count). The fourth-order valence-corrected chi connectivity index (χ4v) is 1.87. The van der Waals surface area contributed by atoms with Gasteiger partial charge in [-0.05, 0) is 36.5 Å². The van der Waals surface area contributed by atoms with Gasteiger partial charge < -0.3 is 10.5 Å². The van der Waals surface area contributed by atoms with E-state index in [0.29, 0.717) is 18.6 Å². The third kappa shape index (κ3) is 5.17. The van der Waals surface area contributed by atoms with Crippen LogP contribution in [0.25, 0.3) is 0 Å². The zero-order valence-electron chi connectivity index (χ0n) is 11.3. The predicted octanol–water partition coefficient (Wildman–Crippen LogP) is 4.10. The second-order valence-corrected chi connectivity index (χ2v) is 4.91. The van der Waals surface area contributed by atoms with E-state index in [2.05, 4.69) is 0 Å². The molecule has 116 valence electrons. The SMILES string of the molecule is CC(CCC(=O)O)CC(=N)c1ccc(F)c(C(F)(F)F)c1. The molecule has 1 aromatic carbocycles. The molecule has 0 heterocycles. The zero-order chi connectivity index (χ0) is 16.2. The highest BCUT2D eigenvalue weighted by Gasteiger charge is 2.34. The number of halogens is 4. The number of nitrogens with one attached hydrogen (secondary N) is 1. The normalized spacial score (nSPS) is 13.0. The Balaban J connectivity index is 2.82. The number of rotatable bonds is 6. The summed E-state index contributed by atoms with van der Waals surface area (Å²) in [6.45, 7) is 1.71. The molecule has 0 amide bonds. The molecule has 0 aliphatic carbocycles. The van der Waals surface area contributed by atoms with Gasteiger partial charge in [-0.25, -0.2) is 4.39 Å². The lowest BCUT2D eigenvalue weighted by Gasteiger charge is -2.13. The van der Waals surface area contributed by atoms with E-state index in [0.717, 1.165) is 6.07 Å². The Morgan fingerprint density at radius 3 is 2.52 bits per heavy atom. The van der Waals surface area contributed by atoms with Gasteiger partial charge in [0.25, 0.3) is 0 Å². The maximum atomic E-state index is 13.1. The van der Waals surface area contributed by atoms with E-state index in [-0.39, 0.29) is 30.0 Å². The van der Waals surface area contributed by atoms with Crippen molar-refractivity contribution in [2.75, 3.05) is 0 Å². The zero-order valence-corrected chi connectivity index (χ0v) is 11.3. The minimum atomic E-state index is -4.81. The van der Waals surface area contributed by atoms with Gasteiger partial charge in [-0.3, -0.25) is 4.79 Å². The number of alkyl halides is 3. The molecule has 0 spiro atoms. The number of carbonyl (C=O) groups is 1. The molecular weight excluding hydrogens is 290 g/mol. The maximum absolute atomic E-state index is 13.1. The highest BCUT2D eigenvalue weighted by atomic mass is 19.4. The Bertz CT molecular complexity index is 540. The Kier molecular flexibility index (Phi) is 5.46. The monoisotopic (exact) mass is 305 g/mol. The minimum Gasteiger partial charge on any atom is -0.481 e. The van der Waals surface area contributed by atoms with Crippen molar-refractivity contribution in [2.45, 2.75) is 32.4 Å². The lowest BCUT2D eigenvalue weighted by atomic mass is 9.94. The molecular formula is C14H15F4NO2. The Morgan fingerprint density at radius 1 is 1.38 bits per heavy atom. The molecule has 0 saturated carbocycles. The second-order valence-electron chi connectivity index (χ2n) is 4.91. The van der Waals surface area contributed by atoms with Crippen molar-refractivity contribution in [2.24, 2.45) is 5.92 Å². The second kappa shape index (κ2) is 6.69. The van der Waals surface area contributed by atoms with E-state index in [1.807, 2.05) is 0 Å². The van der Waals surface area contributed by atoms with Gasteiger partial charge in [0, 0.05) is 12.1 Å². The number of hydrogen-bond donors (Lipinski definition) is 2. The van der Waals surface area contributed by atoms with Crippen LogP contribution in [-0.2, 0) is 11.0 Å². The summed E-state index contributed by atoms with van der Waals surface area (Å²) >= 11 is 0. The summed E-state index contributed by atoms with van der Waals surface area (Å²) in [5.74, 6) is -2.50. The van der Waals surface area contributed by atoms with Gasteiger partial charge >= 0.3 is 12.1 Å². The molecule has 21 heavy (non-hydrogen) atoms. The van der Waals surface area contributed by atoms with Crippen LogP contribution in [0.2, 0.25) is 0 Å². The first-order chi connectivity index (χ1) is 9.61. The van der Waals surface area contributed by atoms with Gasteiger partial charge in [-0.1, -0.05) is 13.0 Å². The fraction of sp³-hybridized carbons (Fsp3) is 0.429. The summed E-state index contributed by atoms with van der Waals surface area (Å²) in [5, 5.41) is 16.3. The van der Waals surface area contributed by atoms with Crippen molar-refractivity contribution >= 4 is 11.7 Å². The van der Waals surface area contributed by atoms with E-state index < -0.39 is 23.5 Å². The topological polar surface area (TPSA) is 61.1 Å². The van der Waals surface area contributed by atoms with Gasteiger partial charge in [0.15, 0.2) is 0 Å². The van der Waals surface area contributed by atoms with Gasteiger partial charge in [0.2, 0.25) is 0 Å². The number of benzene rings is 1. The summed E-state index contributed by atoms with van der Waals surface area (Å²) in [4.78, 5) is 10.4. The molecule has 3 nitrogen and oxygen atoms in total. The van der Waals surface area contributed by atoms with Crippen LogP contribution in [0.15, 0.2) is 18.2 Å². The molecule has 7 heteroatoms. The van der Waals surface area contributed by atoms with Crippen LogP contribution in [0, 0.1) is 17.1 Å². The molecule has 0 saturated heterocycles. The Morgan fingerprint density at radius 2 is 2.00 bits per heavy atom. The molecule has 0 bridgehead atoms. The number of hydrogen-bond acceptors (Lipinski definition) is 2. The van der Waals surface area contributed by atoms with Crippen molar-refractivity contribution in [1.29, 1.82) is 5.41 Å². The summed E-state index contributed by atoms with van der Waals surface area (Å²) in [7, 11) is 0. The standard InChI is InChI=1S/C14H15F4NO2/c1-8(2-5-13(20)21)6-12(19)9-3-4-11(15)10(7-9)14(16,17)18/h3-4,7-8,19H,2,5-6H2,1H3,(H,20,21). The summed E-state index contributed by atoms with van der Waals surface area (Å²) in [5.41, 5.74) is -1.48. The van der Waals surface area contributed by atoms with Crippen LogP contribution in [0.3, 0.4) is 0 Å². The highest BCUT2D eigenvalue weighted by Crippen LogP contribution is 2.32. The van der Waals surface area contributed by atoms with Crippen molar-refractivity contribution in [3.8, 4) is 0 Å². The molecule has 0 aliphatic rings. The third-order valence-corrected chi connectivity index (χ3v) is 3.02. The van der Waals surface area contributed by atoms with E-state index in [4.69, 9.17) is 10.5 Å². The average molecular weight is 305 g/mol. The van der Waals surface area contributed by atoms with Crippen LogP contribution < -0.4 is 0 Å². The van der Waals surface area contributed by atoms with Gasteiger partial charge in [0.1, 0.15) is 5.82 Å². The van der Waals surface area contributed by atoms with Crippen LogP contribution in [0.1, 0.15) is 37.3 Å². The Hall–Kier alpha value is -1.92. The molecule has 1 aromatic rings. The lowest BCUT2D eigenvalue weighted by Crippen LogP contribution is -2.12. The van der Waals surface area contributed by atoms with E-state index in [1.165, 1.54) is 0 Å². The summed E-state index contributed by atoms with van der Waals surface area (Å²) < 4.78 is 50.9. The van der Waals surface area contributed by atoms with Gasteiger partial charge in [-0.15, -0.1) is 0 Å². The lowest BCUT2D eigenvalue weighted by molar-refractivity contribution is -0.140. The smallest absolute Gasteiger partial charge is 0.419 e. The first kappa shape index (κ1) is 17.1. The van der Waals surface area contributed by atoms with Crippen molar-refractivity contribution < 1.29 is 27.5 Å². The van der Waals surface area contributed by atoms with Crippen molar-refractivity contribution in [3.63, 3.8) is 0 Å².